The molecule has 0 aromatic carbocycles. The fraction of sp³-hybridized carbons (Fsp3) is 0.863. The van der Waals surface area contributed by atoms with E-state index in [4.69, 9.17) is 14.2 Å². The molecule has 0 N–H and O–H groups in total. The highest BCUT2D eigenvalue weighted by Crippen LogP contribution is 2.16. The molecule has 0 amide bonds. The van der Waals surface area contributed by atoms with Crippen molar-refractivity contribution >= 4 is 17.9 Å². The van der Waals surface area contributed by atoms with Crippen molar-refractivity contribution in [1.82, 2.24) is 0 Å². The standard InChI is InChI=1S/C51H94O6/c1-4-7-10-13-16-19-22-24-25-26-28-29-32-35-38-41-44-50(53)56-47-48(46-55-49(52)43-40-37-34-31-21-18-15-12-9-6-3)57-51(54)45-42-39-36-33-30-27-23-20-17-14-11-8-5-2/h11,14,20,23,48H,4-10,12-13,15-19,21-22,24-47H2,1-3H3/b14-11-,23-20-. The van der Waals surface area contributed by atoms with E-state index >= 15 is 0 Å². The van der Waals surface area contributed by atoms with Crippen LogP contribution in [-0.4, -0.2) is 37.2 Å². The summed E-state index contributed by atoms with van der Waals surface area (Å²) < 4.78 is 16.7. The number of carbonyl (C=O) groups is 3. The molecule has 0 fully saturated rings. The average molecular weight is 803 g/mol. The maximum atomic E-state index is 12.7. The molecule has 0 rings (SSSR count). The van der Waals surface area contributed by atoms with E-state index in [0.29, 0.717) is 19.3 Å². The Hall–Kier alpha value is -2.11. The minimum absolute atomic E-state index is 0.0725. The number of esters is 3. The second-order valence-electron chi connectivity index (χ2n) is 16.7. The summed E-state index contributed by atoms with van der Waals surface area (Å²) in [6.07, 6.45) is 51.6. The molecule has 6 heteroatoms. The van der Waals surface area contributed by atoms with Gasteiger partial charge in [0.05, 0.1) is 0 Å². The van der Waals surface area contributed by atoms with Crippen LogP contribution >= 0.6 is 0 Å². The highest BCUT2D eigenvalue weighted by atomic mass is 16.6. The zero-order valence-corrected chi connectivity index (χ0v) is 38.1. The van der Waals surface area contributed by atoms with Gasteiger partial charge < -0.3 is 14.2 Å². The molecule has 0 aliphatic carbocycles. The summed E-state index contributed by atoms with van der Waals surface area (Å²) in [6, 6.07) is 0. The van der Waals surface area contributed by atoms with Crippen molar-refractivity contribution in [3.63, 3.8) is 0 Å². The summed E-state index contributed by atoms with van der Waals surface area (Å²) in [7, 11) is 0. The molecule has 334 valence electrons. The SMILES string of the molecule is CCC/C=C\C/C=C\CCCCCCCC(=O)OC(COC(=O)CCCCCCCCCCCC)COC(=O)CCCCCCCCCCCCCCCCCC. The molecule has 0 radical (unpaired) electrons. The van der Waals surface area contributed by atoms with Gasteiger partial charge >= 0.3 is 17.9 Å². The Bertz CT molecular complexity index is 927. The molecule has 0 aliphatic rings. The molecule has 0 spiro atoms. The van der Waals surface area contributed by atoms with Crippen LogP contribution in [0.3, 0.4) is 0 Å². The molecular formula is C51H94O6. The largest absolute Gasteiger partial charge is 0.462 e. The Labute approximate surface area is 353 Å². The van der Waals surface area contributed by atoms with Crippen molar-refractivity contribution in [3.8, 4) is 0 Å². The van der Waals surface area contributed by atoms with E-state index < -0.39 is 6.10 Å². The zero-order valence-electron chi connectivity index (χ0n) is 38.1. The molecule has 57 heavy (non-hydrogen) atoms. The van der Waals surface area contributed by atoms with Crippen molar-refractivity contribution in [2.24, 2.45) is 0 Å². The zero-order chi connectivity index (χ0) is 41.5. The second kappa shape index (κ2) is 46.6. The van der Waals surface area contributed by atoms with E-state index in [0.717, 1.165) is 89.9 Å². The van der Waals surface area contributed by atoms with E-state index in [-0.39, 0.29) is 31.1 Å². The Kier molecular flexibility index (Phi) is 44.9. The monoisotopic (exact) mass is 803 g/mol. The summed E-state index contributed by atoms with van der Waals surface area (Å²) in [5, 5.41) is 0. The topological polar surface area (TPSA) is 78.9 Å². The quantitative estimate of drug-likeness (QED) is 0.0264. The minimum Gasteiger partial charge on any atom is -0.462 e. The highest BCUT2D eigenvalue weighted by molar-refractivity contribution is 5.71. The van der Waals surface area contributed by atoms with Crippen LogP contribution in [0.25, 0.3) is 0 Å². The molecule has 0 saturated carbocycles. The summed E-state index contributed by atoms with van der Waals surface area (Å²) in [5.74, 6) is -0.877. The number of carbonyl (C=O) groups excluding carboxylic acids is 3. The Morgan fingerprint density at radius 1 is 0.351 bits per heavy atom. The number of allylic oxidation sites excluding steroid dienone is 4. The van der Waals surface area contributed by atoms with Crippen molar-refractivity contribution in [1.29, 1.82) is 0 Å². The first-order valence-corrected chi connectivity index (χ1v) is 24.8. The lowest BCUT2D eigenvalue weighted by Gasteiger charge is -2.18. The van der Waals surface area contributed by atoms with Crippen molar-refractivity contribution in [2.75, 3.05) is 13.2 Å². The fourth-order valence-corrected chi connectivity index (χ4v) is 7.19. The smallest absolute Gasteiger partial charge is 0.306 e. The van der Waals surface area contributed by atoms with E-state index in [1.807, 2.05) is 0 Å². The average Bonchev–Trinajstić information content (AvgIpc) is 3.21. The third-order valence-corrected chi connectivity index (χ3v) is 10.9. The summed E-state index contributed by atoms with van der Waals surface area (Å²) >= 11 is 0. The molecule has 0 aliphatic heterocycles. The maximum Gasteiger partial charge on any atom is 0.306 e. The van der Waals surface area contributed by atoms with Gasteiger partial charge in [0, 0.05) is 19.3 Å². The third kappa shape index (κ3) is 44.8. The Morgan fingerprint density at radius 2 is 0.667 bits per heavy atom. The van der Waals surface area contributed by atoms with Crippen molar-refractivity contribution in [3.05, 3.63) is 24.3 Å². The van der Waals surface area contributed by atoms with Gasteiger partial charge in [0.15, 0.2) is 6.10 Å². The molecule has 1 unspecified atom stereocenters. The predicted molar refractivity (Wildman–Crippen MR) is 243 cm³/mol. The fourth-order valence-electron chi connectivity index (χ4n) is 7.19. The number of ether oxygens (including phenoxy) is 3. The molecule has 0 heterocycles. The van der Waals surface area contributed by atoms with E-state index in [2.05, 4.69) is 45.1 Å². The lowest BCUT2D eigenvalue weighted by atomic mass is 10.0. The maximum absolute atomic E-state index is 12.7. The first-order chi connectivity index (χ1) is 28.0. The van der Waals surface area contributed by atoms with Gasteiger partial charge in [-0.05, 0) is 44.9 Å². The first-order valence-electron chi connectivity index (χ1n) is 24.8. The Morgan fingerprint density at radius 3 is 1.04 bits per heavy atom. The van der Waals surface area contributed by atoms with E-state index in [1.165, 1.54) is 135 Å². The predicted octanol–water partition coefficient (Wildman–Crippen LogP) is 16.0. The van der Waals surface area contributed by atoms with Crippen LogP contribution in [0.2, 0.25) is 0 Å². The molecule has 1 atom stereocenters. The van der Waals surface area contributed by atoms with E-state index in [9.17, 15) is 14.4 Å². The second-order valence-corrected chi connectivity index (χ2v) is 16.7. The number of unbranched alkanes of at least 4 members (excludes halogenated alkanes) is 30. The summed E-state index contributed by atoms with van der Waals surface area (Å²) in [4.78, 5) is 37.8. The molecule has 0 aromatic rings. The van der Waals surface area contributed by atoms with Crippen LogP contribution in [-0.2, 0) is 28.6 Å². The van der Waals surface area contributed by atoms with Crippen LogP contribution in [0.15, 0.2) is 24.3 Å². The highest BCUT2D eigenvalue weighted by Gasteiger charge is 2.19. The van der Waals surface area contributed by atoms with Gasteiger partial charge in [0.2, 0.25) is 0 Å². The molecule has 0 bridgehead atoms. The summed E-state index contributed by atoms with van der Waals surface area (Å²) in [5.41, 5.74) is 0. The van der Waals surface area contributed by atoms with Crippen LogP contribution in [0, 0.1) is 0 Å². The molecule has 0 aromatic heterocycles. The van der Waals surface area contributed by atoms with Crippen LogP contribution in [0.1, 0.15) is 265 Å². The third-order valence-electron chi connectivity index (χ3n) is 10.9. The van der Waals surface area contributed by atoms with Gasteiger partial charge in [-0.2, -0.15) is 0 Å². The summed E-state index contributed by atoms with van der Waals surface area (Å²) in [6.45, 7) is 6.57. The van der Waals surface area contributed by atoms with Gasteiger partial charge in [0.1, 0.15) is 13.2 Å². The van der Waals surface area contributed by atoms with Gasteiger partial charge in [-0.1, -0.05) is 225 Å². The minimum atomic E-state index is -0.771. The Balaban J connectivity index is 4.32. The molecule has 0 saturated heterocycles. The van der Waals surface area contributed by atoms with Crippen LogP contribution in [0.4, 0.5) is 0 Å². The van der Waals surface area contributed by atoms with Gasteiger partial charge in [-0.25, -0.2) is 0 Å². The van der Waals surface area contributed by atoms with Crippen molar-refractivity contribution < 1.29 is 28.6 Å². The van der Waals surface area contributed by atoms with Crippen LogP contribution < -0.4 is 0 Å². The van der Waals surface area contributed by atoms with Gasteiger partial charge in [-0.3, -0.25) is 14.4 Å². The lowest BCUT2D eigenvalue weighted by molar-refractivity contribution is -0.167. The molecular weight excluding hydrogens is 709 g/mol. The van der Waals surface area contributed by atoms with Gasteiger partial charge in [0.25, 0.3) is 0 Å². The van der Waals surface area contributed by atoms with Crippen molar-refractivity contribution in [2.45, 2.75) is 271 Å². The molecule has 6 nitrogen and oxygen atoms in total. The first kappa shape index (κ1) is 54.9. The lowest BCUT2D eigenvalue weighted by Crippen LogP contribution is -2.30. The van der Waals surface area contributed by atoms with Gasteiger partial charge in [-0.15, -0.1) is 0 Å². The number of rotatable bonds is 45. The number of hydrogen-bond acceptors (Lipinski definition) is 6. The normalized spacial score (nSPS) is 12.1. The number of hydrogen-bond donors (Lipinski definition) is 0. The van der Waals surface area contributed by atoms with Crippen LogP contribution in [0.5, 0.6) is 0 Å². The van der Waals surface area contributed by atoms with E-state index in [1.54, 1.807) is 0 Å².